The fraction of sp³-hybridized carbons (Fsp3) is 0. The number of aliphatic hydroxyl groups excluding tert-OH is 1. The molecule has 0 spiro atoms. The van der Waals surface area contributed by atoms with Gasteiger partial charge < -0.3 is 5.11 Å². The third-order valence-corrected chi connectivity index (χ3v) is 1.19. The van der Waals surface area contributed by atoms with E-state index < -0.39 is 0 Å². The molecule has 0 aromatic heterocycles. The van der Waals surface area contributed by atoms with E-state index in [0.29, 0.717) is 0 Å². The summed E-state index contributed by atoms with van der Waals surface area (Å²) in [6.07, 6.45) is 6.72. The molecular weight excluding hydrogens is 122 g/mol. The lowest BCUT2D eigenvalue weighted by Gasteiger charge is -1.84. The number of allylic oxidation sites excluding steroid dienone is 3. The van der Waals surface area contributed by atoms with Crippen LogP contribution in [0.5, 0.6) is 0 Å². The zero-order chi connectivity index (χ0) is 5.82. The van der Waals surface area contributed by atoms with E-state index in [1.54, 1.807) is 24.4 Å². The summed E-state index contributed by atoms with van der Waals surface area (Å²) in [5.41, 5.74) is 0. The van der Waals surface area contributed by atoms with E-state index in [2.05, 4.69) is 4.40 Å². The minimum atomic E-state index is 0.231. The van der Waals surface area contributed by atoms with Crippen molar-refractivity contribution in [3.8, 4) is 0 Å². The molecule has 0 aromatic rings. The first-order valence-electron chi connectivity index (χ1n) is 2.16. The molecule has 0 saturated heterocycles. The standard InChI is InChI=1S/C5H5NOS/c7-5-3-1-2-4-6-8-5/h1-4,7H. The van der Waals surface area contributed by atoms with Crippen LogP contribution in [0.4, 0.5) is 0 Å². The van der Waals surface area contributed by atoms with E-state index in [0.717, 1.165) is 11.9 Å². The van der Waals surface area contributed by atoms with Crippen molar-refractivity contribution in [2.24, 2.45) is 4.40 Å². The van der Waals surface area contributed by atoms with Gasteiger partial charge in [0.15, 0.2) is 5.09 Å². The van der Waals surface area contributed by atoms with Crippen LogP contribution >= 0.6 is 11.9 Å². The molecule has 0 fully saturated rings. The second-order valence-corrected chi connectivity index (χ2v) is 2.05. The maximum Gasteiger partial charge on any atom is 0.172 e. The molecular formula is C5H5NOS. The van der Waals surface area contributed by atoms with Gasteiger partial charge in [-0.25, -0.2) is 4.40 Å². The number of nitrogens with zero attached hydrogens (tertiary/aromatic N) is 1. The highest BCUT2D eigenvalue weighted by Gasteiger charge is 1.88. The third-order valence-electron chi connectivity index (χ3n) is 0.643. The van der Waals surface area contributed by atoms with Crippen molar-refractivity contribution in [2.45, 2.75) is 0 Å². The summed E-state index contributed by atoms with van der Waals surface area (Å²) in [7, 11) is 0. The summed E-state index contributed by atoms with van der Waals surface area (Å²) in [6, 6.07) is 0. The summed E-state index contributed by atoms with van der Waals surface area (Å²) in [6.45, 7) is 0. The smallest absolute Gasteiger partial charge is 0.172 e. The van der Waals surface area contributed by atoms with Gasteiger partial charge in [0.25, 0.3) is 0 Å². The van der Waals surface area contributed by atoms with Gasteiger partial charge >= 0.3 is 0 Å². The van der Waals surface area contributed by atoms with Crippen molar-refractivity contribution >= 4 is 18.2 Å². The third kappa shape index (κ3) is 1.42. The van der Waals surface area contributed by atoms with Crippen molar-refractivity contribution in [1.29, 1.82) is 0 Å². The van der Waals surface area contributed by atoms with Crippen LogP contribution < -0.4 is 0 Å². The molecule has 1 rings (SSSR count). The summed E-state index contributed by atoms with van der Waals surface area (Å²) in [5.74, 6) is 0. The van der Waals surface area contributed by atoms with Crippen molar-refractivity contribution in [3.05, 3.63) is 23.3 Å². The fourth-order valence-electron chi connectivity index (χ4n) is 0.338. The zero-order valence-corrected chi connectivity index (χ0v) is 4.93. The van der Waals surface area contributed by atoms with Crippen molar-refractivity contribution < 1.29 is 5.11 Å². The van der Waals surface area contributed by atoms with Crippen LogP contribution in [-0.2, 0) is 0 Å². The topological polar surface area (TPSA) is 32.6 Å². The van der Waals surface area contributed by atoms with Crippen LogP contribution in [0.1, 0.15) is 0 Å². The van der Waals surface area contributed by atoms with E-state index >= 15 is 0 Å². The average molecular weight is 127 g/mol. The Morgan fingerprint density at radius 3 is 3.25 bits per heavy atom. The van der Waals surface area contributed by atoms with Gasteiger partial charge in [-0.05, 0) is 12.2 Å². The molecule has 1 N–H and O–H groups in total. The van der Waals surface area contributed by atoms with Gasteiger partial charge in [-0.3, -0.25) is 0 Å². The monoisotopic (exact) mass is 127 g/mol. The largest absolute Gasteiger partial charge is 0.501 e. The molecule has 0 aromatic carbocycles. The number of aliphatic hydroxyl groups is 1. The summed E-state index contributed by atoms with van der Waals surface area (Å²) in [5, 5.41) is 8.98. The van der Waals surface area contributed by atoms with Gasteiger partial charge in [-0.2, -0.15) is 0 Å². The number of hydrogen-bond donors (Lipinski definition) is 1. The summed E-state index contributed by atoms with van der Waals surface area (Å²) < 4.78 is 3.74. The van der Waals surface area contributed by atoms with Crippen molar-refractivity contribution in [2.75, 3.05) is 0 Å². The molecule has 3 heteroatoms. The predicted molar refractivity (Wildman–Crippen MR) is 35.9 cm³/mol. The second kappa shape index (κ2) is 2.57. The minimum Gasteiger partial charge on any atom is -0.501 e. The average Bonchev–Trinajstić information content (AvgIpc) is 1.94. The molecule has 0 saturated carbocycles. The van der Waals surface area contributed by atoms with E-state index in [1.165, 1.54) is 0 Å². The Bertz CT molecular complexity index is 160. The Kier molecular flexibility index (Phi) is 1.75. The zero-order valence-electron chi connectivity index (χ0n) is 4.11. The van der Waals surface area contributed by atoms with Gasteiger partial charge in [-0.15, -0.1) is 0 Å². The maximum absolute atomic E-state index is 8.75. The highest BCUT2D eigenvalue weighted by molar-refractivity contribution is 8.01. The van der Waals surface area contributed by atoms with Gasteiger partial charge in [0, 0.05) is 18.2 Å². The molecule has 0 radical (unpaired) electrons. The molecule has 0 amide bonds. The van der Waals surface area contributed by atoms with Crippen LogP contribution in [-0.4, -0.2) is 11.3 Å². The van der Waals surface area contributed by atoms with Crippen LogP contribution in [0.3, 0.4) is 0 Å². The van der Waals surface area contributed by atoms with Gasteiger partial charge in [0.2, 0.25) is 0 Å². The molecule has 1 aliphatic heterocycles. The van der Waals surface area contributed by atoms with Gasteiger partial charge in [0.05, 0.1) is 0 Å². The summed E-state index contributed by atoms with van der Waals surface area (Å²) >= 11 is 1.06. The SMILES string of the molecule is OC1=CC=CC=NS1. The number of rotatable bonds is 0. The highest BCUT2D eigenvalue weighted by atomic mass is 32.2. The second-order valence-electron chi connectivity index (χ2n) is 1.24. The Morgan fingerprint density at radius 1 is 1.50 bits per heavy atom. The Morgan fingerprint density at radius 2 is 2.38 bits per heavy atom. The van der Waals surface area contributed by atoms with Gasteiger partial charge in [0.1, 0.15) is 0 Å². The number of hydrogen-bond acceptors (Lipinski definition) is 3. The van der Waals surface area contributed by atoms with Crippen LogP contribution in [0.2, 0.25) is 0 Å². The lowest BCUT2D eigenvalue weighted by molar-refractivity contribution is 0.457. The lowest BCUT2D eigenvalue weighted by atomic mass is 10.5. The Hall–Kier alpha value is -0.700. The summed E-state index contributed by atoms with van der Waals surface area (Å²) in [4.78, 5) is 0. The molecule has 0 aliphatic carbocycles. The molecule has 0 unspecified atom stereocenters. The van der Waals surface area contributed by atoms with E-state index in [9.17, 15) is 0 Å². The maximum atomic E-state index is 8.75. The highest BCUT2D eigenvalue weighted by Crippen LogP contribution is 2.13. The van der Waals surface area contributed by atoms with E-state index in [1.807, 2.05) is 0 Å². The first kappa shape index (κ1) is 5.44. The molecule has 2 nitrogen and oxygen atoms in total. The van der Waals surface area contributed by atoms with Crippen molar-refractivity contribution in [3.63, 3.8) is 0 Å². The Balaban J connectivity index is 2.69. The molecule has 1 heterocycles. The first-order chi connectivity index (χ1) is 3.89. The molecule has 42 valence electrons. The van der Waals surface area contributed by atoms with Gasteiger partial charge in [-0.1, -0.05) is 6.08 Å². The van der Waals surface area contributed by atoms with Crippen molar-refractivity contribution in [1.82, 2.24) is 0 Å². The Labute approximate surface area is 51.8 Å². The van der Waals surface area contributed by atoms with Crippen LogP contribution in [0.15, 0.2) is 27.7 Å². The first-order valence-corrected chi connectivity index (χ1v) is 2.93. The molecule has 0 atom stereocenters. The van der Waals surface area contributed by atoms with E-state index in [-0.39, 0.29) is 5.09 Å². The quantitative estimate of drug-likeness (QED) is 0.502. The van der Waals surface area contributed by atoms with Crippen LogP contribution in [0, 0.1) is 0 Å². The molecule has 1 aliphatic rings. The predicted octanol–water partition coefficient (Wildman–Crippen LogP) is 1.67. The normalized spacial score (nSPS) is 17.8. The molecule has 8 heavy (non-hydrogen) atoms. The van der Waals surface area contributed by atoms with E-state index in [4.69, 9.17) is 5.11 Å². The van der Waals surface area contributed by atoms with Crippen LogP contribution in [0.25, 0.3) is 0 Å². The lowest BCUT2D eigenvalue weighted by Crippen LogP contribution is -1.63. The fourth-order valence-corrected chi connectivity index (χ4v) is 0.716. The minimum absolute atomic E-state index is 0.231. The molecule has 0 bridgehead atoms.